The molecule has 1 heterocycles. The Hall–Kier alpha value is -2.12. The Kier molecular flexibility index (Phi) is 5.42. The van der Waals surface area contributed by atoms with Crippen LogP contribution in [-0.4, -0.2) is 52.8 Å². The van der Waals surface area contributed by atoms with Crippen LogP contribution in [-0.2, 0) is 22.6 Å². The average Bonchev–Trinajstić information content (AvgIpc) is 3.34. The molecule has 1 aliphatic heterocycles. The second-order valence-corrected chi connectivity index (χ2v) is 10.0. The lowest BCUT2D eigenvalue weighted by atomic mass is 9.77. The number of hydrogen-bond donors (Lipinski definition) is 3. The molecule has 4 atom stereocenters. The third-order valence-electron chi connectivity index (χ3n) is 7.92. The summed E-state index contributed by atoms with van der Waals surface area (Å²) in [6.45, 7) is 2.40. The molecular weight excluding hydrogens is 394 g/mol. The largest absolute Gasteiger partial charge is 0.443 e. The van der Waals surface area contributed by atoms with Crippen molar-refractivity contribution in [2.75, 3.05) is 19.7 Å². The molecule has 1 aromatic carbocycles. The lowest BCUT2D eigenvalue weighted by Crippen LogP contribution is -2.53. The molecule has 4 bridgehead atoms. The van der Waals surface area contributed by atoms with Gasteiger partial charge in [-0.15, -0.1) is 0 Å². The summed E-state index contributed by atoms with van der Waals surface area (Å²) < 4.78 is 5.98. The van der Waals surface area contributed by atoms with Crippen molar-refractivity contribution in [3.63, 3.8) is 0 Å². The van der Waals surface area contributed by atoms with Crippen molar-refractivity contribution < 1.29 is 19.4 Å². The van der Waals surface area contributed by atoms with Gasteiger partial charge in [0, 0.05) is 38.2 Å². The fourth-order valence-corrected chi connectivity index (χ4v) is 6.75. The Bertz CT molecular complexity index is 836. The van der Waals surface area contributed by atoms with Crippen LogP contribution in [0.5, 0.6) is 0 Å². The molecule has 4 fully saturated rings. The Morgan fingerprint density at radius 3 is 2.65 bits per heavy atom. The Labute approximate surface area is 183 Å². The molecule has 5 aliphatic rings. The van der Waals surface area contributed by atoms with Crippen LogP contribution in [0.25, 0.3) is 0 Å². The lowest BCUT2D eigenvalue weighted by Gasteiger charge is -2.40. The highest BCUT2D eigenvalue weighted by molar-refractivity contribution is 5.79. The van der Waals surface area contributed by atoms with Crippen LogP contribution in [0.15, 0.2) is 24.3 Å². The number of aliphatic hydroxyl groups is 1. The van der Waals surface area contributed by atoms with Crippen LogP contribution in [0.2, 0.25) is 0 Å². The molecule has 2 amide bonds. The highest BCUT2D eigenvalue weighted by atomic mass is 16.6. The lowest BCUT2D eigenvalue weighted by molar-refractivity contribution is -0.131. The molecule has 168 valence electrons. The smallest absolute Gasteiger partial charge is 0.407 e. The van der Waals surface area contributed by atoms with E-state index in [2.05, 4.69) is 22.8 Å². The summed E-state index contributed by atoms with van der Waals surface area (Å²) in [7, 11) is 0. The first-order valence-electron chi connectivity index (χ1n) is 11.7. The predicted molar refractivity (Wildman–Crippen MR) is 115 cm³/mol. The zero-order chi connectivity index (χ0) is 21.5. The third kappa shape index (κ3) is 3.94. The van der Waals surface area contributed by atoms with Crippen molar-refractivity contribution in [1.29, 1.82) is 0 Å². The minimum atomic E-state index is -0.396. The fourth-order valence-electron chi connectivity index (χ4n) is 6.75. The molecule has 4 aliphatic carbocycles. The number of unbranched alkanes of at least 4 members (excludes halogenated alkanes) is 1. The van der Waals surface area contributed by atoms with Crippen molar-refractivity contribution >= 4 is 12.0 Å². The van der Waals surface area contributed by atoms with Gasteiger partial charge in [-0.05, 0) is 61.5 Å². The van der Waals surface area contributed by atoms with Gasteiger partial charge in [0.25, 0.3) is 0 Å². The summed E-state index contributed by atoms with van der Waals surface area (Å²) in [4.78, 5) is 27.2. The van der Waals surface area contributed by atoms with Gasteiger partial charge in [-0.25, -0.2) is 4.79 Å². The highest BCUT2D eigenvalue weighted by Crippen LogP contribution is 2.63. The van der Waals surface area contributed by atoms with E-state index >= 15 is 0 Å². The van der Waals surface area contributed by atoms with E-state index < -0.39 is 5.60 Å². The zero-order valence-electron chi connectivity index (χ0n) is 18.1. The van der Waals surface area contributed by atoms with Crippen molar-refractivity contribution in [2.45, 2.75) is 69.2 Å². The van der Waals surface area contributed by atoms with Crippen LogP contribution in [0.1, 0.15) is 56.1 Å². The van der Waals surface area contributed by atoms with Gasteiger partial charge in [-0.1, -0.05) is 24.3 Å². The van der Waals surface area contributed by atoms with Crippen molar-refractivity contribution in [2.24, 2.45) is 11.8 Å². The maximum atomic E-state index is 12.9. The zero-order valence-corrected chi connectivity index (χ0v) is 18.1. The molecular formula is C24H33N3O4. The molecule has 31 heavy (non-hydrogen) atoms. The standard InChI is InChI=1S/C24H33N3O4/c28-8-4-3-7-25-22(30)31-23-10-17-9-20(12-23)24(11-17,16-23)26-13-21(29)27-14-18-5-1-2-6-19(18)15-27/h1-2,5-6,17,20,26,28H,3-4,7-16H2,(H,25,30). The van der Waals surface area contributed by atoms with Crippen LogP contribution in [0.4, 0.5) is 4.79 Å². The maximum absolute atomic E-state index is 12.9. The molecule has 0 saturated heterocycles. The Morgan fingerprint density at radius 1 is 1.13 bits per heavy atom. The topological polar surface area (TPSA) is 90.9 Å². The summed E-state index contributed by atoms with van der Waals surface area (Å²) in [5.74, 6) is 1.18. The molecule has 7 nitrogen and oxygen atoms in total. The van der Waals surface area contributed by atoms with Gasteiger partial charge >= 0.3 is 6.09 Å². The Morgan fingerprint density at radius 2 is 1.90 bits per heavy atom. The van der Waals surface area contributed by atoms with Crippen molar-refractivity contribution in [1.82, 2.24) is 15.5 Å². The monoisotopic (exact) mass is 427 g/mol. The molecule has 6 rings (SSSR count). The van der Waals surface area contributed by atoms with E-state index in [0.29, 0.717) is 44.4 Å². The van der Waals surface area contributed by atoms with E-state index in [4.69, 9.17) is 9.84 Å². The summed E-state index contributed by atoms with van der Waals surface area (Å²) in [6, 6.07) is 8.25. The number of benzene rings is 1. The molecule has 1 aromatic rings. The van der Waals surface area contributed by atoms with Gasteiger partial charge in [-0.2, -0.15) is 0 Å². The molecule has 4 saturated carbocycles. The van der Waals surface area contributed by atoms with E-state index in [1.54, 1.807) is 0 Å². The first-order chi connectivity index (χ1) is 15.0. The van der Waals surface area contributed by atoms with Gasteiger partial charge in [0.1, 0.15) is 5.60 Å². The number of alkyl carbamates (subject to hydrolysis) is 1. The number of aliphatic hydroxyl groups excluding tert-OH is 1. The van der Waals surface area contributed by atoms with Gasteiger partial charge in [0.2, 0.25) is 5.91 Å². The summed E-state index contributed by atoms with van der Waals surface area (Å²) in [5, 5.41) is 15.3. The molecule has 4 unspecified atom stereocenters. The third-order valence-corrected chi connectivity index (χ3v) is 7.92. The van der Waals surface area contributed by atoms with E-state index in [1.165, 1.54) is 17.5 Å². The van der Waals surface area contributed by atoms with E-state index in [0.717, 1.165) is 32.1 Å². The predicted octanol–water partition coefficient (Wildman–Crippen LogP) is 2.32. The second kappa shape index (κ2) is 8.10. The molecule has 0 spiro atoms. The molecule has 7 heteroatoms. The number of ether oxygens (including phenoxy) is 1. The van der Waals surface area contributed by atoms with Crippen molar-refractivity contribution in [3.8, 4) is 0 Å². The first-order valence-corrected chi connectivity index (χ1v) is 11.7. The van der Waals surface area contributed by atoms with Crippen LogP contribution < -0.4 is 10.6 Å². The van der Waals surface area contributed by atoms with Crippen molar-refractivity contribution in [3.05, 3.63) is 35.4 Å². The molecule has 0 aromatic heterocycles. The van der Waals surface area contributed by atoms with Crippen LogP contribution in [0, 0.1) is 11.8 Å². The SMILES string of the molecule is O=C(NCCCCO)OC12CC3CC(C1)C(NCC(=O)N1Cc4ccccc4C1)(C3)C2. The Balaban J connectivity index is 1.16. The van der Waals surface area contributed by atoms with E-state index in [9.17, 15) is 9.59 Å². The first kappa shape index (κ1) is 20.8. The van der Waals surface area contributed by atoms with Crippen LogP contribution >= 0.6 is 0 Å². The van der Waals surface area contributed by atoms with Gasteiger partial charge in [0.15, 0.2) is 0 Å². The minimum Gasteiger partial charge on any atom is -0.443 e. The normalized spacial score (nSPS) is 32.4. The summed E-state index contributed by atoms with van der Waals surface area (Å²) in [6.07, 6.45) is 5.96. The number of rotatable bonds is 8. The number of carbonyl (C=O) groups excluding carboxylic acids is 2. The number of nitrogens with one attached hydrogen (secondary N) is 2. The van der Waals surface area contributed by atoms with Gasteiger partial charge in [-0.3, -0.25) is 4.79 Å². The quantitative estimate of drug-likeness (QED) is 0.554. The summed E-state index contributed by atoms with van der Waals surface area (Å²) in [5.41, 5.74) is 2.01. The molecule has 3 N–H and O–H groups in total. The highest BCUT2D eigenvalue weighted by Gasteiger charge is 2.65. The number of hydrogen-bond acceptors (Lipinski definition) is 5. The second-order valence-electron chi connectivity index (χ2n) is 10.0. The maximum Gasteiger partial charge on any atom is 0.407 e. The van der Waals surface area contributed by atoms with Gasteiger partial charge < -0.3 is 25.4 Å². The van der Waals surface area contributed by atoms with Gasteiger partial charge in [0.05, 0.1) is 6.54 Å². The summed E-state index contributed by atoms with van der Waals surface area (Å²) >= 11 is 0. The average molecular weight is 428 g/mol. The fraction of sp³-hybridized carbons (Fsp3) is 0.667. The van der Waals surface area contributed by atoms with Crippen LogP contribution in [0.3, 0.4) is 0 Å². The number of carbonyl (C=O) groups is 2. The number of amides is 2. The minimum absolute atomic E-state index is 0.0810. The number of fused-ring (bicyclic) bond motifs is 1. The van der Waals surface area contributed by atoms with E-state index in [1.807, 2.05) is 17.0 Å². The number of nitrogens with zero attached hydrogens (tertiary/aromatic N) is 1. The molecule has 0 radical (unpaired) electrons. The van der Waals surface area contributed by atoms with E-state index in [-0.39, 0.29) is 24.1 Å².